The smallest absolute Gasteiger partial charge is 0.131 e. The fraction of sp³-hybridized carbons (Fsp3) is 0.125. The molecule has 52 valence electrons. The van der Waals surface area contributed by atoms with E-state index in [9.17, 15) is 4.39 Å². The minimum Gasteiger partial charge on any atom is -0.206 e. The molecule has 0 spiro atoms. The molecule has 1 aromatic carbocycles. The quantitative estimate of drug-likeness (QED) is 0.560. The van der Waals surface area contributed by atoms with E-state index in [4.69, 9.17) is 0 Å². The van der Waals surface area contributed by atoms with E-state index in [2.05, 4.69) is 12.2 Å². The Morgan fingerprint density at radius 2 is 2.20 bits per heavy atom. The molecule has 2 heteroatoms. The van der Waals surface area contributed by atoms with E-state index in [0.717, 1.165) is 5.56 Å². The van der Waals surface area contributed by atoms with Crippen LogP contribution in [0.4, 0.5) is 4.39 Å². The third kappa shape index (κ3) is 1.39. The predicted octanol–water partition coefficient (Wildman–Crippen LogP) is 2.48. The number of benzene rings is 1. The summed E-state index contributed by atoms with van der Waals surface area (Å²) < 4.78 is 12.8. The second-order valence-electron chi connectivity index (χ2n) is 2.14. The Bertz CT molecular complexity index is 255. The zero-order valence-electron chi connectivity index (χ0n) is 5.60. The number of halogens is 1. The summed E-state index contributed by atoms with van der Waals surface area (Å²) in [6, 6.07) is 4.98. The molecule has 0 bridgehead atoms. The van der Waals surface area contributed by atoms with Gasteiger partial charge in [0, 0.05) is 10.9 Å². The molecular weight excluding hydrogens is 147 g/mol. The lowest BCUT2D eigenvalue weighted by Crippen LogP contribution is -1.86. The van der Waals surface area contributed by atoms with Crippen LogP contribution in [0.5, 0.6) is 0 Å². The highest BCUT2D eigenvalue weighted by atomic mass is 32.1. The Labute approximate surface area is 64.7 Å². The second-order valence-corrected chi connectivity index (χ2v) is 2.38. The molecule has 0 atom stereocenters. The number of hydrogen-bond acceptors (Lipinski definition) is 1. The van der Waals surface area contributed by atoms with Gasteiger partial charge in [0.2, 0.25) is 0 Å². The van der Waals surface area contributed by atoms with Crippen molar-refractivity contribution in [2.45, 2.75) is 6.92 Å². The van der Waals surface area contributed by atoms with Crippen LogP contribution in [0, 0.1) is 12.7 Å². The van der Waals surface area contributed by atoms with Crippen molar-refractivity contribution in [1.82, 2.24) is 0 Å². The summed E-state index contributed by atoms with van der Waals surface area (Å²) in [5, 5.41) is 1.34. The summed E-state index contributed by atoms with van der Waals surface area (Å²) in [5.74, 6) is -0.241. The lowest BCUT2D eigenvalue weighted by Gasteiger charge is -1.95. The molecule has 0 aliphatic rings. The lowest BCUT2D eigenvalue weighted by molar-refractivity contribution is 0.625. The van der Waals surface area contributed by atoms with E-state index in [1.165, 1.54) is 11.4 Å². The maximum atomic E-state index is 12.8. The van der Waals surface area contributed by atoms with Crippen LogP contribution < -0.4 is 0 Å². The highest BCUT2D eigenvalue weighted by Crippen LogP contribution is 2.06. The molecule has 0 N–H and O–H groups in total. The molecule has 1 aromatic rings. The highest BCUT2D eigenvalue weighted by Gasteiger charge is 1.96. The van der Waals surface area contributed by atoms with Gasteiger partial charge in [0.15, 0.2) is 0 Å². The van der Waals surface area contributed by atoms with Gasteiger partial charge in [-0.25, -0.2) is 4.39 Å². The first-order valence-electron chi connectivity index (χ1n) is 2.95. The van der Waals surface area contributed by atoms with Gasteiger partial charge in [0.1, 0.15) is 5.82 Å². The average molecular weight is 154 g/mol. The Morgan fingerprint density at radius 3 is 2.70 bits per heavy atom. The van der Waals surface area contributed by atoms with E-state index in [-0.39, 0.29) is 5.82 Å². The molecular formula is C8H7FS. The van der Waals surface area contributed by atoms with Crippen molar-refractivity contribution in [2.75, 3.05) is 0 Å². The van der Waals surface area contributed by atoms with Crippen LogP contribution in [0.1, 0.15) is 11.1 Å². The molecule has 0 aromatic heterocycles. The third-order valence-electron chi connectivity index (χ3n) is 1.28. The van der Waals surface area contributed by atoms with Gasteiger partial charge in [-0.15, -0.1) is 0 Å². The minimum atomic E-state index is -0.241. The summed E-state index contributed by atoms with van der Waals surface area (Å²) in [6.07, 6.45) is 0. The van der Waals surface area contributed by atoms with Crippen molar-refractivity contribution in [1.29, 1.82) is 0 Å². The highest BCUT2D eigenvalue weighted by molar-refractivity contribution is 7.79. The Balaban J connectivity index is 3.19. The molecule has 1 rings (SSSR count). The largest absolute Gasteiger partial charge is 0.206 e. The van der Waals surface area contributed by atoms with Crippen LogP contribution in [-0.4, -0.2) is 5.37 Å². The molecule has 0 saturated carbocycles. The first kappa shape index (κ1) is 7.35. The van der Waals surface area contributed by atoms with Crippen molar-refractivity contribution in [3.8, 4) is 0 Å². The molecule has 0 nitrogen and oxygen atoms in total. The molecule has 0 heterocycles. The predicted molar refractivity (Wildman–Crippen MR) is 43.9 cm³/mol. The maximum absolute atomic E-state index is 12.8. The average Bonchev–Trinajstić information content (AvgIpc) is 1.88. The van der Waals surface area contributed by atoms with E-state index < -0.39 is 0 Å². The number of hydrogen-bond donors (Lipinski definition) is 0. The molecule has 0 unspecified atom stereocenters. The first-order valence-corrected chi connectivity index (χ1v) is 3.42. The molecule has 0 amide bonds. The standard InChI is InChI=1S/C8H7FS/c1-6-2-3-7(5-10)8(9)4-6/h2-5H,1H3. The topological polar surface area (TPSA) is 0 Å². The Morgan fingerprint density at radius 1 is 1.50 bits per heavy atom. The lowest BCUT2D eigenvalue weighted by atomic mass is 10.2. The summed E-state index contributed by atoms with van der Waals surface area (Å²) >= 11 is 4.58. The Hall–Kier alpha value is -0.760. The SMILES string of the molecule is Cc1ccc(C=S)c(F)c1. The van der Waals surface area contributed by atoms with Crippen LogP contribution in [0.3, 0.4) is 0 Å². The van der Waals surface area contributed by atoms with Gasteiger partial charge in [-0.05, 0) is 18.6 Å². The summed E-state index contributed by atoms with van der Waals surface area (Å²) in [4.78, 5) is 0. The van der Waals surface area contributed by atoms with Gasteiger partial charge in [-0.1, -0.05) is 24.4 Å². The van der Waals surface area contributed by atoms with Crippen LogP contribution in [0.25, 0.3) is 0 Å². The van der Waals surface area contributed by atoms with E-state index in [1.54, 1.807) is 6.07 Å². The summed E-state index contributed by atoms with van der Waals surface area (Å²) in [5.41, 5.74) is 1.40. The number of aryl methyl sites for hydroxylation is 1. The van der Waals surface area contributed by atoms with E-state index >= 15 is 0 Å². The zero-order valence-corrected chi connectivity index (χ0v) is 6.41. The van der Waals surface area contributed by atoms with Crippen molar-refractivity contribution < 1.29 is 4.39 Å². The van der Waals surface area contributed by atoms with Crippen LogP contribution in [-0.2, 0) is 0 Å². The van der Waals surface area contributed by atoms with Gasteiger partial charge < -0.3 is 0 Å². The van der Waals surface area contributed by atoms with Gasteiger partial charge in [-0.3, -0.25) is 0 Å². The van der Waals surface area contributed by atoms with E-state index in [0.29, 0.717) is 5.56 Å². The summed E-state index contributed by atoms with van der Waals surface area (Å²) in [6.45, 7) is 1.84. The van der Waals surface area contributed by atoms with Gasteiger partial charge in [0.25, 0.3) is 0 Å². The molecule has 10 heavy (non-hydrogen) atoms. The molecule has 0 fully saturated rings. The van der Waals surface area contributed by atoms with Crippen LogP contribution in [0.2, 0.25) is 0 Å². The molecule has 0 aliphatic carbocycles. The fourth-order valence-electron chi connectivity index (χ4n) is 0.728. The van der Waals surface area contributed by atoms with Gasteiger partial charge >= 0.3 is 0 Å². The van der Waals surface area contributed by atoms with E-state index in [1.807, 2.05) is 13.0 Å². The normalized spacial score (nSPS) is 9.40. The monoisotopic (exact) mass is 154 g/mol. The second kappa shape index (κ2) is 2.88. The number of thiocarbonyl (C=S) groups is 1. The molecule has 0 saturated heterocycles. The minimum absolute atomic E-state index is 0.241. The fourth-order valence-corrected chi connectivity index (χ4v) is 0.919. The summed E-state index contributed by atoms with van der Waals surface area (Å²) in [7, 11) is 0. The molecule has 0 aliphatic heterocycles. The third-order valence-corrected chi connectivity index (χ3v) is 1.54. The molecule has 0 radical (unpaired) electrons. The zero-order chi connectivity index (χ0) is 7.56. The van der Waals surface area contributed by atoms with Crippen LogP contribution in [0.15, 0.2) is 18.2 Å². The van der Waals surface area contributed by atoms with Crippen LogP contribution >= 0.6 is 12.2 Å². The van der Waals surface area contributed by atoms with Gasteiger partial charge in [0.05, 0.1) is 0 Å². The number of rotatable bonds is 1. The van der Waals surface area contributed by atoms with Crippen molar-refractivity contribution in [3.05, 3.63) is 35.1 Å². The van der Waals surface area contributed by atoms with Crippen molar-refractivity contribution >= 4 is 17.6 Å². The maximum Gasteiger partial charge on any atom is 0.131 e. The van der Waals surface area contributed by atoms with Gasteiger partial charge in [-0.2, -0.15) is 0 Å². The van der Waals surface area contributed by atoms with Crippen molar-refractivity contribution in [3.63, 3.8) is 0 Å². The van der Waals surface area contributed by atoms with Crippen molar-refractivity contribution in [2.24, 2.45) is 0 Å². The Kier molecular flexibility index (Phi) is 2.12. The first-order chi connectivity index (χ1) is 4.74.